The van der Waals surface area contributed by atoms with Crippen molar-refractivity contribution < 1.29 is 4.74 Å². The van der Waals surface area contributed by atoms with Crippen molar-refractivity contribution in [2.45, 2.75) is 20.8 Å². The number of nitrogens with zero attached hydrogens (tertiary/aromatic N) is 3. The van der Waals surface area contributed by atoms with Gasteiger partial charge in [0.1, 0.15) is 18.2 Å². The van der Waals surface area contributed by atoms with Crippen LogP contribution in [0.2, 0.25) is 0 Å². The third-order valence-corrected chi connectivity index (χ3v) is 2.66. The molecule has 0 unspecified atom stereocenters. The Kier molecular flexibility index (Phi) is 5.44. The average molecular weight is 233 g/mol. The van der Waals surface area contributed by atoms with Gasteiger partial charge in [-0.15, -0.1) is 0 Å². The van der Waals surface area contributed by atoms with Gasteiger partial charge in [0.05, 0.1) is 0 Å². The molecule has 0 radical (unpaired) electrons. The van der Waals surface area contributed by atoms with Crippen LogP contribution in [0.25, 0.3) is 0 Å². The number of likely N-dealkylation sites (N-methyl/N-ethyl adjacent to an activating group) is 1. The number of ether oxygens (including phenoxy) is 1. The predicted molar refractivity (Wildman–Crippen MR) is 67.0 cm³/mol. The number of rotatable bonds is 6. The maximum Gasteiger partial charge on any atom is 0.231 e. The fourth-order valence-corrected chi connectivity index (χ4v) is 1.54. The highest BCUT2D eigenvalue weighted by molar-refractivity contribution is 5.38. The predicted octanol–water partition coefficient (Wildman–Crippen LogP) is 1.98. The van der Waals surface area contributed by atoms with E-state index in [1.807, 2.05) is 13.0 Å². The summed E-state index contributed by atoms with van der Waals surface area (Å²) in [5, 5.41) is 8.93. The van der Waals surface area contributed by atoms with E-state index < -0.39 is 0 Å². The molecule has 0 fully saturated rings. The summed E-state index contributed by atoms with van der Waals surface area (Å²) in [6.45, 7) is 9.56. The lowest BCUT2D eigenvalue weighted by Crippen LogP contribution is -2.28. The molecule has 0 aliphatic heterocycles. The molecule has 0 aromatic carbocycles. The van der Waals surface area contributed by atoms with Gasteiger partial charge in [-0.25, -0.2) is 4.98 Å². The molecule has 0 saturated heterocycles. The molecule has 0 spiro atoms. The van der Waals surface area contributed by atoms with Crippen LogP contribution in [-0.2, 0) is 0 Å². The summed E-state index contributed by atoms with van der Waals surface area (Å²) in [6.07, 6.45) is 0. The van der Waals surface area contributed by atoms with E-state index in [-0.39, 0.29) is 0 Å². The van der Waals surface area contributed by atoms with Crippen molar-refractivity contribution in [3.8, 4) is 11.9 Å². The lowest BCUT2D eigenvalue weighted by atomic mass is 10.2. The van der Waals surface area contributed by atoms with Crippen molar-refractivity contribution in [2.75, 3.05) is 26.2 Å². The highest BCUT2D eigenvalue weighted by atomic mass is 16.5. The van der Waals surface area contributed by atoms with Crippen molar-refractivity contribution in [3.05, 3.63) is 23.4 Å². The summed E-state index contributed by atoms with van der Waals surface area (Å²) in [5.74, 6) is 0.444. The standard InChI is InChI=1S/C13H19N3O/c1-4-16(5-2)8-9-17-13-12(10-14)7-6-11(3)15-13/h6-7H,4-5,8-9H2,1-3H3. The van der Waals surface area contributed by atoms with E-state index in [1.165, 1.54) is 0 Å². The second-order valence-electron chi connectivity index (χ2n) is 3.79. The van der Waals surface area contributed by atoms with Gasteiger partial charge in [0.15, 0.2) is 0 Å². The van der Waals surface area contributed by atoms with Crippen molar-refractivity contribution in [3.63, 3.8) is 0 Å². The number of nitriles is 1. The largest absolute Gasteiger partial charge is 0.475 e. The molecule has 4 heteroatoms. The summed E-state index contributed by atoms with van der Waals surface area (Å²) in [4.78, 5) is 6.49. The number of aromatic nitrogens is 1. The van der Waals surface area contributed by atoms with E-state index in [2.05, 4.69) is 29.8 Å². The van der Waals surface area contributed by atoms with Crippen molar-refractivity contribution in [1.82, 2.24) is 9.88 Å². The van der Waals surface area contributed by atoms with Gasteiger partial charge in [-0.1, -0.05) is 13.8 Å². The number of pyridine rings is 1. The maximum atomic E-state index is 8.93. The second-order valence-corrected chi connectivity index (χ2v) is 3.79. The van der Waals surface area contributed by atoms with Crippen LogP contribution in [-0.4, -0.2) is 36.1 Å². The van der Waals surface area contributed by atoms with E-state index in [9.17, 15) is 0 Å². The molecular formula is C13H19N3O. The Morgan fingerprint density at radius 2 is 2.06 bits per heavy atom. The van der Waals surface area contributed by atoms with Gasteiger partial charge in [-0.3, -0.25) is 0 Å². The number of aryl methyl sites for hydroxylation is 1. The smallest absolute Gasteiger partial charge is 0.231 e. The highest BCUT2D eigenvalue weighted by Crippen LogP contribution is 2.14. The molecule has 1 aromatic heterocycles. The minimum absolute atomic E-state index is 0.444. The van der Waals surface area contributed by atoms with Crippen LogP contribution >= 0.6 is 0 Å². The normalized spacial score (nSPS) is 10.3. The summed E-state index contributed by atoms with van der Waals surface area (Å²) in [7, 11) is 0. The maximum absolute atomic E-state index is 8.93. The van der Waals surface area contributed by atoms with E-state index in [1.54, 1.807) is 6.07 Å². The molecule has 0 bridgehead atoms. The highest BCUT2D eigenvalue weighted by Gasteiger charge is 2.06. The van der Waals surface area contributed by atoms with E-state index >= 15 is 0 Å². The fraction of sp³-hybridized carbons (Fsp3) is 0.538. The molecule has 92 valence electrons. The molecular weight excluding hydrogens is 214 g/mol. The summed E-state index contributed by atoms with van der Waals surface area (Å²) in [5.41, 5.74) is 1.36. The first-order valence-electron chi connectivity index (χ1n) is 5.94. The Morgan fingerprint density at radius 3 is 2.65 bits per heavy atom. The molecule has 0 aliphatic rings. The minimum atomic E-state index is 0.444. The van der Waals surface area contributed by atoms with Crippen molar-refractivity contribution in [1.29, 1.82) is 5.26 Å². The van der Waals surface area contributed by atoms with Gasteiger partial charge in [-0.2, -0.15) is 5.26 Å². The summed E-state index contributed by atoms with van der Waals surface area (Å²) in [6, 6.07) is 5.65. The molecule has 0 N–H and O–H groups in total. The van der Waals surface area contributed by atoms with Gasteiger partial charge in [0.2, 0.25) is 5.88 Å². The van der Waals surface area contributed by atoms with Crippen molar-refractivity contribution in [2.24, 2.45) is 0 Å². The Hall–Kier alpha value is -1.60. The van der Waals surface area contributed by atoms with Gasteiger partial charge in [0.25, 0.3) is 0 Å². The first-order chi connectivity index (χ1) is 8.21. The zero-order valence-electron chi connectivity index (χ0n) is 10.7. The minimum Gasteiger partial charge on any atom is -0.475 e. The number of hydrogen-bond donors (Lipinski definition) is 0. The van der Waals surface area contributed by atoms with Crippen LogP contribution in [0.1, 0.15) is 25.1 Å². The molecule has 0 saturated carbocycles. The zero-order valence-corrected chi connectivity index (χ0v) is 10.7. The van der Waals surface area contributed by atoms with E-state index in [0.717, 1.165) is 25.3 Å². The SMILES string of the molecule is CCN(CC)CCOc1nc(C)ccc1C#N. The Morgan fingerprint density at radius 1 is 1.35 bits per heavy atom. The molecule has 4 nitrogen and oxygen atoms in total. The van der Waals surface area contributed by atoms with Crippen LogP contribution in [0, 0.1) is 18.3 Å². The van der Waals surface area contributed by atoms with Gasteiger partial charge in [-0.05, 0) is 32.1 Å². The fourth-order valence-electron chi connectivity index (χ4n) is 1.54. The van der Waals surface area contributed by atoms with Crippen LogP contribution < -0.4 is 4.74 Å². The molecule has 17 heavy (non-hydrogen) atoms. The van der Waals surface area contributed by atoms with Gasteiger partial charge < -0.3 is 9.64 Å². The Balaban J connectivity index is 2.57. The van der Waals surface area contributed by atoms with Crippen LogP contribution in [0.4, 0.5) is 0 Å². The Labute approximate surface area is 103 Å². The monoisotopic (exact) mass is 233 g/mol. The van der Waals surface area contributed by atoms with E-state index in [4.69, 9.17) is 10.00 Å². The molecule has 1 heterocycles. The first kappa shape index (κ1) is 13.5. The molecule has 0 aliphatic carbocycles. The summed E-state index contributed by atoms with van der Waals surface area (Å²) < 4.78 is 5.57. The molecule has 1 rings (SSSR count). The van der Waals surface area contributed by atoms with Crippen LogP contribution in [0.3, 0.4) is 0 Å². The quantitative estimate of drug-likeness (QED) is 0.754. The topological polar surface area (TPSA) is 49.1 Å². The average Bonchev–Trinajstić information content (AvgIpc) is 2.35. The Bertz CT molecular complexity index is 394. The third-order valence-electron chi connectivity index (χ3n) is 2.66. The third kappa shape index (κ3) is 4.04. The summed E-state index contributed by atoms with van der Waals surface area (Å²) >= 11 is 0. The second kappa shape index (κ2) is 6.87. The van der Waals surface area contributed by atoms with Crippen molar-refractivity contribution >= 4 is 0 Å². The molecule has 0 amide bonds. The zero-order chi connectivity index (χ0) is 12.7. The lowest BCUT2D eigenvalue weighted by Gasteiger charge is -2.17. The lowest BCUT2D eigenvalue weighted by molar-refractivity contribution is 0.217. The van der Waals surface area contributed by atoms with Gasteiger partial charge in [0, 0.05) is 12.2 Å². The molecule has 0 atom stereocenters. The number of hydrogen-bond acceptors (Lipinski definition) is 4. The van der Waals surface area contributed by atoms with Crippen LogP contribution in [0.5, 0.6) is 5.88 Å². The molecule has 1 aromatic rings. The first-order valence-corrected chi connectivity index (χ1v) is 5.94. The van der Waals surface area contributed by atoms with Gasteiger partial charge >= 0.3 is 0 Å². The van der Waals surface area contributed by atoms with Crippen LogP contribution in [0.15, 0.2) is 12.1 Å². The van der Waals surface area contributed by atoms with E-state index in [0.29, 0.717) is 18.1 Å².